The van der Waals surface area contributed by atoms with E-state index in [-0.39, 0.29) is 0 Å². The van der Waals surface area contributed by atoms with Crippen molar-refractivity contribution in [2.45, 2.75) is 44.9 Å². The fraction of sp³-hybridized carbons (Fsp3) is 0.348. The number of hydrogen-bond acceptors (Lipinski definition) is 1. The Morgan fingerprint density at radius 3 is 2.25 bits per heavy atom. The van der Waals surface area contributed by atoms with Gasteiger partial charge in [0.1, 0.15) is 0 Å². The fourth-order valence-electron chi connectivity index (χ4n) is 2.77. The number of rotatable bonds is 11. The number of nitrogens with zero attached hydrogens (tertiary/aromatic N) is 1. The normalized spacial score (nSPS) is 11.0. The van der Waals surface area contributed by atoms with E-state index in [0.717, 1.165) is 19.4 Å². The van der Waals surface area contributed by atoms with Crippen molar-refractivity contribution in [3.63, 3.8) is 0 Å². The average molecular weight is 319 g/mol. The maximum atomic E-state index is 4.53. The van der Waals surface area contributed by atoms with Crippen molar-refractivity contribution in [1.82, 2.24) is 0 Å². The summed E-state index contributed by atoms with van der Waals surface area (Å²) in [6.07, 6.45) is 10.3. The number of aryl methyl sites for hydroxylation is 1. The van der Waals surface area contributed by atoms with Crippen molar-refractivity contribution < 1.29 is 0 Å². The summed E-state index contributed by atoms with van der Waals surface area (Å²) in [5.41, 5.74) is 3.89. The van der Waals surface area contributed by atoms with E-state index in [1.54, 1.807) is 0 Å². The summed E-state index contributed by atoms with van der Waals surface area (Å²) in [5.74, 6) is 0. The Kier molecular flexibility index (Phi) is 8.64. The third-order valence-electron chi connectivity index (χ3n) is 4.23. The largest absolute Gasteiger partial charge is 0.298 e. The lowest BCUT2D eigenvalue weighted by Gasteiger charge is -2.03. The molecule has 0 aliphatic rings. The summed E-state index contributed by atoms with van der Waals surface area (Å²) in [5, 5.41) is 0. The van der Waals surface area contributed by atoms with Gasteiger partial charge in [-0.3, -0.25) is 4.99 Å². The number of unbranched alkanes of at least 4 members (excludes halogenated alkanes) is 3. The van der Waals surface area contributed by atoms with E-state index in [2.05, 4.69) is 72.4 Å². The molecule has 0 amide bonds. The minimum absolute atomic E-state index is 0.961. The van der Waals surface area contributed by atoms with Crippen LogP contribution in [0.3, 0.4) is 0 Å². The number of aliphatic imine (C=N–C) groups is 1. The SMILES string of the molecule is C=C(CCC=NCCCCCCc1ccccc1)c1ccccc1. The van der Waals surface area contributed by atoms with Gasteiger partial charge < -0.3 is 0 Å². The molecule has 0 aliphatic heterocycles. The van der Waals surface area contributed by atoms with Crippen molar-refractivity contribution >= 4 is 11.8 Å². The molecule has 1 heteroatoms. The summed E-state index contributed by atoms with van der Waals surface area (Å²) < 4.78 is 0. The van der Waals surface area contributed by atoms with Gasteiger partial charge in [0.2, 0.25) is 0 Å². The monoisotopic (exact) mass is 319 g/mol. The van der Waals surface area contributed by atoms with Crippen LogP contribution in [0, 0.1) is 0 Å². The second kappa shape index (κ2) is 11.4. The molecular formula is C23H29N. The molecule has 2 aromatic carbocycles. The summed E-state index contributed by atoms with van der Waals surface area (Å²) >= 11 is 0. The van der Waals surface area contributed by atoms with Crippen LogP contribution in [0.2, 0.25) is 0 Å². The quantitative estimate of drug-likeness (QED) is 0.338. The van der Waals surface area contributed by atoms with Crippen molar-refractivity contribution in [2.75, 3.05) is 6.54 Å². The molecule has 0 spiro atoms. The molecule has 0 atom stereocenters. The summed E-state index contributed by atoms with van der Waals surface area (Å²) in [4.78, 5) is 4.53. The highest BCUT2D eigenvalue weighted by molar-refractivity contribution is 5.67. The molecule has 0 unspecified atom stereocenters. The number of hydrogen-bond donors (Lipinski definition) is 0. The molecule has 2 aromatic rings. The molecule has 24 heavy (non-hydrogen) atoms. The van der Waals surface area contributed by atoms with Gasteiger partial charge >= 0.3 is 0 Å². The van der Waals surface area contributed by atoms with Gasteiger partial charge in [-0.05, 0) is 55.0 Å². The highest BCUT2D eigenvalue weighted by atomic mass is 14.7. The first-order chi connectivity index (χ1) is 11.9. The van der Waals surface area contributed by atoms with Crippen molar-refractivity contribution in [3.05, 3.63) is 78.4 Å². The van der Waals surface area contributed by atoms with Crippen LogP contribution in [0.15, 0.2) is 72.2 Å². The van der Waals surface area contributed by atoms with Crippen LogP contribution in [0.25, 0.3) is 5.57 Å². The topological polar surface area (TPSA) is 12.4 Å². The first-order valence-electron chi connectivity index (χ1n) is 9.11. The number of benzene rings is 2. The number of allylic oxidation sites excluding steroid dienone is 1. The predicted molar refractivity (Wildman–Crippen MR) is 107 cm³/mol. The standard InChI is InChI=1S/C23H29N/c1-21(23-17-9-5-10-18-23)13-12-20-24-19-11-3-2-6-14-22-15-7-4-8-16-22/h4-5,7-10,15-18,20H,1-3,6,11-14,19H2. The Hall–Kier alpha value is -2.15. The zero-order valence-corrected chi connectivity index (χ0v) is 14.7. The lowest BCUT2D eigenvalue weighted by atomic mass is 10.0. The second-order valence-electron chi connectivity index (χ2n) is 6.25. The minimum atomic E-state index is 0.961. The molecule has 0 saturated heterocycles. The third kappa shape index (κ3) is 7.41. The maximum Gasteiger partial charge on any atom is 0.0385 e. The van der Waals surface area contributed by atoms with Crippen LogP contribution in [0.4, 0.5) is 0 Å². The molecule has 0 saturated carbocycles. The van der Waals surface area contributed by atoms with Crippen LogP contribution in [0.5, 0.6) is 0 Å². The average Bonchev–Trinajstić information content (AvgIpc) is 2.64. The highest BCUT2D eigenvalue weighted by Crippen LogP contribution is 2.16. The Bertz CT molecular complexity index is 598. The van der Waals surface area contributed by atoms with Crippen LogP contribution < -0.4 is 0 Å². The lowest BCUT2D eigenvalue weighted by Crippen LogP contribution is -1.88. The molecule has 126 valence electrons. The van der Waals surface area contributed by atoms with Gasteiger partial charge in [0.25, 0.3) is 0 Å². The minimum Gasteiger partial charge on any atom is -0.298 e. The smallest absolute Gasteiger partial charge is 0.0385 e. The van der Waals surface area contributed by atoms with E-state index in [4.69, 9.17) is 0 Å². The summed E-state index contributed by atoms with van der Waals surface area (Å²) in [6, 6.07) is 21.2. The van der Waals surface area contributed by atoms with Gasteiger partial charge in [-0.2, -0.15) is 0 Å². The molecule has 2 rings (SSSR count). The van der Waals surface area contributed by atoms with Gasteiger partial charge in [0.15, 0.2) is 0 Å². The molecule has 0 heterocycles. The van der Waals surface area contributed by atoms with Gasteiger partial charge in [-0.25, -0.2) is 0 Å². The summed E-state index contributed by atoms with van der Waals surface area (Å²) in [7, 11) is 0. The molecule has 0 aliphatic carbocycles. The first kappa shape index (κ1) is 18.2. The van der Waals surface area contributed by atoms with Crippen LogP contribution in [-0.4, -0.2) is 12.8 Å². The van der Waals surface area contributed by atoms with Gasteiger partial charge in [-0.1, -0.05) is 80.1 Å². The third-order valence-corrected chi connectivity index (χ3v) is 4.23. The van der Waals surface area contributed by atoms with E-state index < -0.39 is 0 Å². The van der Waals surface area contributed by atoms with Crippen molar-refractivity contribution in [2.24, 2.45) is 4.99 Å². The molecule has 0 aromatic heterocycles. The van der Waals surface area contributed by atoms with E-state index in [9.17, 15) is 0 Å². The lowest BCUT2D eigenvalue weighted by molar-refractivity contribution is 0.647. The fourth-order valence-corrected chi connectivity index (χ4v) is 2.77. The molecule has 0 bridgehead atoms. The van der Waals surface area contributed by atoms with Crippen LogP contribution >= 0.6 is 0 Å². The van der Waals surface area contributed by atoms with Gasteiger partial charge in [0, 0.05) is 6.54 Å². The van der Waals surface area contributed by atoms with Gasteiger partial charge in [0.05, 0.1) is 0 Å². The molecular weight excluding hydrogens is 290 g/mol. The van der Waals surface area contributed by atoms with Gasteiger partial charge in [-0.15, -0.1) is 0 Å². The zero-order valence-electron chi connectivity index (χ0n) is 14.7. The second-order valence-corrected chi connectivity index (χ2v) is 6.25. The maximum absolute atomic E-state index is 4.53. The Labute approximate surface area is 147 Å². The Morgan fingerprint density at radius 2 is 1.50 bits per heavy atom. The molecule has 0 N–H and O–H groups in total. The van der Waals surface area contributed by atoms with Crippen molar-refractivity contribution in [1.29, 1.82) is 0 Å². The Balaban J connectivity index is 1.46. The van der Waals surface area contributed by atoms with E-state index in [1.165, 1.54) is 48.8 Å². The van der Waals surface area contributed by atoms with Crippen molar-refractivity contribution in [3.8, 4) is 0 Å². The van der Waals surface area contributed by atoms with E-state index >= 15 is 0 Å². The zero-order chi connectivity index (χ0) is 16.9. The summed E-state index contributed by atoms with van der Waals surface area (Å²) in [6.45, 7) is 5.12. The molecule has 0 radical (unpaired) electrons. The van der Waals surface area contributed by atoms with E-state index in [1.807, 2.05) is 6.07 Å². The van der Waals surface area contributed by atoms with Crippen LogP contribution in [0.1, 0.15) is 49.7 Å². The molecule has 0 fully saturated rings. The van der Waals surface area contributed by atoms with Crippen LogP contribution in [-0.2, 0) is 6.42 Å². The highest BCUT2D eigenvalue weighted by Gasteiger charge is 1.96. The van der Waals surface area contributed by atoms with E-state index in [0.29, 0.717) is 0 Å². The Morgan fingerprint density at radius 1 is 0.833 bits per heavy atom. The predicted octanol–water partition coefficient (Wildman–Crippen LogP) is 6.35. The first-order valence-corrected chi connectivity index (χ1v) is 9.11. The molecule has 1 nitrogen and oxygen atoms in total.